The SMILES string of the molecule is Cc1ccc(F)c(CNc2cnc3n(c2=O)[C@H](C(=O)O)CC3)c1. The lowest BCUT2D eigenvalue weighted by Gasteiger charge is -2.12. The fourth-order valence-corrected chi connectivity index (χ4v) is 2.79. The molecule has 2 heterocycles. The normalized spacial score (nSPS) is 16.2. The number of nitrogens with zero attached hydrogens (tertiary/aromatic N) is 2. The maximum absolute atomic E-state index is 13.7. The lowest BCUT2D eigenvalue weighted by molar-refractivity contribution is -0.140. The Balaban J connectivity index is 1.88. The quantitative estimate of drug-likeness (QED) is 0.899. The number of aliphatic carboxylic acids is 1. The van der Waals surface area contributed by atoms with Crippen molar-refractivity contribution in [2.24, 2.45) is 0 Å². The zero-order valence-electron chi connectivity index (χ0n) is 12.5. The van der Waals surface area contributed by atoms with Crippen molar-refractivity contribution in [3.63, 3.8) is 0 Å². The smallest absolute Gasteiger partial charge is 0.326 e. The first-order valence-electron chi connectivity index (χ1n) is 7.29. The van der Waals surface area contributed by atoms with Crippen molar-refractivity contribution < 1.29 is 14.3 Å². The number of anilines is 1. The van der Waals surface area contributed by atoms with Gasteiger partial charge in [0.05, 0.1) is 6.20 Å². The van der Waals surface area contributed by atoms with E-state index in [0.29, 0.717) is 24.2 Å². The van der Waals surface area contributed by atoms with Gasteiger partial charge in [0, 0.05) is 18.5 Å². The zero-order valence-corrected chi connectivity index (χ0v) is 12.5. The maximum Gasteiger partial charge on any atom is 0.326 e. The Hall–Kier alpha value is -2.70. The van der Waals surface area contributed by atoms with E-state index in [-0.39, 0.29) is 18.0 Å². The van der Waals surface area contributed by atoms with Crippen molar-refractivity contribution in [2.75, 3.05) is 5.32 Å². The van der Waals surface area contributed by atoms with Gasteiger partial charge in [-0.1, -0.05) is 17.7 Å². The van der Waals surface area contributed by atoms with Crippen LogP contribution in [0.15, 0.2) is 29.2 Å². The van der Waals surface area contributed by atoms with Crippen LogP contribution < -0.4 is 10.9 Å². The molecule has 6 nitrogen and oxygen atoms in total. The summed E-state index contributed by atoms with van der Waals surface area (Å²) in [6.45, 7) is 1.98. The van der Waals surface area contributed by atoms with Crippen molar-refractivity contribution in [2.45, 2.75) is 32.4 Å². The Kier molecular flexibility index (Phi) is 3.85. The Bertz CT molecular complexity index is 832. The summed E-state index contributed by atoms with van der Waals surface area (Å²) >= 11 is 0. The van der Waals surface area contributed by atoms with Gasteiger partial charge in [-0.25, -0.2) is 14.2 Å². The minimum absolute atomic E-state index is 0.127. The predicted molar refractivity (Wildman–Crippen MR) is 82.0 cm³/mol. The third-order valence-corrected chi connectivity index (χ3v) is 3.98. The van der Waals surface area contributed by atoms with Crippen molar-refractivity contribution in [1.82, 2.24) is 9.55 Å². The van der Waals surface area contributed by atoms with Crippen molar-refractivity contribution in [1.29, 1.82) is 0 Å². The van der Waals surface area contributed by atoms with Gasteiger partial charge in [-0.15, -0.1) is 0 Å². The molecule has 0 unspecified atom stereocenters. The minimum atomic E-state index is -1.05. The molecule has 2 N–H and O–H groups in total. The summed E-state index contributed by atoms with van der Waals surface area (Å²) in [6, 6.07) is 3.85. The summed E-state index contributed by atoms with van der Waals surface area (Å²) in [4.78, 5) is 27.8. The topological polar surface area (TPSA) is 84.2 Å². The average molecular weight is 317 g/mol. The van der Waals surface area contributed by atoms with Crippen LogP contribution in [0.4, 0.5) is 10.1 Å². The van der Waals surface area contributed by atoms with Crippen LogP contribution >= 0.6 is 0 Å². The van der Waals surface area contributed by atoms with Gasteiger partial charge in [0.15, 0.2) is 0 Å². The Morgan fingerprint density at radius 2 is 2.30 bits per heavy atom. The Morgan fingerprint density at radius 3 is 3.04 bits per heavy atom. The van der Waals surface area contributed by atoms with Crippen LogP contribution in [0.3, 0.4) is 0 Å². The van der Waals surface area contributed by atoms with E-state index in [2.05, 4.69) is 10.3 Å². The first-order chi connectivity index (χ1) is 11.0. The molecule has 1 atom stereocenters. The minimum Gasteiger partial charge on any atom is -0.480 e. The lowest BCUT2D eigenvalue weighted by atomic mass is 10.1. The van der Waals surface area contributed by atoms with Gasteiger partial charge in [-0.3, -0.25) is 9.36 Å². The lowest BCUT2D eigenvalue weighted by Crippen LogP contribution is -2.30. The van der Waals surface area contributed by atoms with Gasteiger partial charge in [-0.05, 0) is 19.4 Å². The fraction of sp³-hybridized carbons (Fsp3) is 0.312. The molecule has 7 heteroatoms. The molecule has 3 rings (SSSR count). The molecule has 1 aromatic carbocycles. The molecule has 1 aliphatic heterocycles. The predicted octanol–water partition coefficient (Wildman–Crippen LogP) is 1.87. The van der Waals surface area contributed by atoms with E-state index in [1.54, 1.807) is 12.1 Å². The van der Waals surface area contributed by atoms with E-state index in [1.165, 1.54) is 16.8 Å². The number of aryl methyl sites for hydroxylation is 2. The number of halogens is 1. The van der Waals surface area contributed by atoms with Crippen molar-refractivity contribution in [3.05, 3.63) is 57.5 Å². The molecule has 0 saturated heterocycles. The van der Waals surface area contributed by atoms with Gasteiger partial charge in [0.1, 0.15) is 23.4 Å². The van der Waals surface area contributed by atoms with E-state index >= 15 is 0 Å². The van der Waals surface area contributed by atoms with Crippen LogP contribution in [-0.2, 0) is 17.8 Å². The van der Waals surface area contributed by atoms with Crippen LogP contribution in [0.1, 0.15) is 29.4 Å². The molecule has 0 bridgehead atoms. The van der Waals surface area contributed by atoms with E-state index in [9.17, 15) is 19.1 Å². The third kappa shape index (κ3) is 2.81. The molecular weight excluding hydrogens is 301 g/mol. The van der Waals surface area contributed by atoms with Crippen LogP contribution in [-0.4, -0.2) is 20.6 Å². The zero-order chi connectivity index (χ0) is 16.6. The van der Waals surface area contributed by atoms with Gasteiger partial charge >= 0.3 is 5.97 Å². The second kappa shape index (κ2) is 5.83. The number of carboxylic acids is 1. The Morgan fingerprint density at radius 1 is 1.52 bits per heavy atom. The highest BCUT2D eigenvalue weighted by molar-refractivity contribution is 5.72. The summed E-state index contributed by atoms with van der Waals surface area (Å²) in [5.41, 5.74) is 1.08. The van der Waals surface area contributed by atoms with Crippen LogP contribution in [0.25, 0.3) is 0 Å². The Labute approximate surface area is 131 Å². The molecule has 0 spiro atoms. The number of aromatic nitrogens is 2. The summed E-state index contributed by atoms with van der Waals surface area (Å²) in [7, 11) is 0. The molecular formula is C16H16FN3O3. The van der Waals surface area contributed by atoms with E-state index in [1.807, 2.05) is 6.92 Å². The summed E-state index contributed by atoms with van der Waals surface area (Å²) < 4.78 is 14.9. The second-order valence-corrected chi connectivity index (χ2v) is 5.60. The van der Waals surface area contributed by atoms with Gasteiger partial charge in [0.25, 0.3) is 5.56 Å². The van der Waals surface area contributed by atoms with E-state index in [4.69, 9.17) is 0 Å². The van der Waals surface area contributed by atoms with Gasteiger partial charge < -0.3 is 10.4 Å². The van der Waals surface area contributed by atoms with Crippen LogP contribution in [0.2, 0.25) is 0 Å². The molecule has 120 valence electrons. The first-order valence-corrected chi connectivity index (χ1v) is 7.29. The number of hydrogen-bond donors (Lipinski definition) is 2. The fourth-order valence-electron chi connectivity index (χ4n) is 2.79. The highest BCUT2D eigenvalue weighted by Gasteiger charge is 2.30. The van der Waals surface area contributed by atoms with Crippen molar-refractivity contribution >= 4 is 11.7 Å². The number of rotatable bonds is 4. The standard InChI is InChI=1S/C16H16FN3O3/c1-9-2-3-11(17)10(6-9)7-18-12-8-19-14-5-4-13(16(22)23)20(14)15(12)21/h2-3,6,8,13,18H,4-5,7H2,1H3,(H,22,23)/t13-/m0/s1. The third-order valence-electron chi connectivity index (χ3n) is 3.98. The van der Waals surface area contributed by atoms with Gasteiger partial charge in [-0.2, -0.15) is 0 Å². The highest BCUT2D eigenvalue weighted by Crippen LogP contribution is 2.23. The molecule has 0 amide bonds. The van der Waals surface area contributed by atoms with Crippen LogP contribution in [0.5, 0.6) is 0 Å². The summed E-state index contributed by atoms with van der Waals surface area (Å²) in [5.74, 6) is -0.940. The number of carboxylic acid groups (broad SMARTS) is 1. The second-order valence-electron chi connectivity index (χ2n) is 5.60. The van der Waals surface area contributed by atoms with Crippen molar-refractivity contribution in [3.8, 4) is 0 Å². The van der Waals surface area contributed by atoms with E-state index < -0.39 is 17.6 Å². The molecule has 0 aliphatic carbocycles. The number of carbonyl (C=O) groups is 1. The molecule has 0 saturated carbocycles. The molecule has 0 radical (unpaired) electrons. The van der Waals surface area contributed by atoms with Gasteiger partial charge in [0.2, 0.25) is 0 Å². The average Bonchev–Trinajstić information content (AvgIpc) is 2.95. The molecule has 1 aromatic heterocycles. The molecule has 23 heavy (non-hydrogen) atoms. The van der Waals surface area contributed by atoms with Crippen LogP contribution in [0, 0.1) is 12.7 Å². The summed E-state index contributed by atoms with van der Waals surface area (Å²) in [6.07, 6.45) is 2.19. The molecule has 2 aromatic rings. The maximum atomic E-state index is 13.7. The largest absolute Gasteiger partial charge is 0.480 e. The number of nitrogens with one attached hydrogen (secondary N) is 1. The monoisotopic (exact) mass is 317 g/mol. The van der Waals surface area contributed by atoms with E-state index in [0.717, 1.165) is 5.56 Å². The molecule has 1 aliphatic rings. The highest BCUT2D eigenvalue weighted by atomic mass is 19.1. The number of benzene rings is 1. The molecule has 0 fully saturated rings. The summed E-state index contributed by atoms with van der Waals surface area (Å²) in [5, 5.41) is 12.1. The number of fused-ring (bicyclic) bond motifs is 1. The first kappa shape index (κ1) is 15.2. The number of hydrogen-bond acceptors (Lipinski definition) is 4.